The zero-order valence-electron chi connectivity index (χ0n) is 11.5. The monoisotopic (exact) mass is 282 g/mol. The van der Waals surface area contributed by atoms with Gasteiger partial charge >= 0.3 is 0 Å². The molecular formula is C15H23ClN2O. The molecule has 1 aromatic rings. The molecule has 3 N–H and O–H groups in total. The first-order chi connectivity index (χ1) is 9.22. The predicted molar refractivity (Wildman–Crippen MR) is 81.4 cm³/mol. The molecule has 0 heterocycles. The molecule has 4 heteroatoms. The number of ether oxygens (including phenoxy) is 1. The molecule has 0 aliphatic rings. The Morgan fingerprint density at radius 3 is 2.84 bits per heavy atom. The van der Waals surface area contributed by atoms with Gasteiger partial charge in [0, 0.05) is 16.6 Å². The number of hydrogen-bond acceptors (Lipinski definition) is 3. The highest BCUT2D eigenvalue weighted by atomic mass is 35.5. The van der Waals surface area contributed by atoms with Gasteiger partial charge in [-0.3, -0.25) is 11.3 Å². The van der Waals surface area contributed by atoms with Gasteiger partial charge in [0.15, 0.2) is 0 Å². The number of nitrogens with one attached hydrogen (secondary N) is 1. The summed E-state index contributed by atoms with van der Waals surface area (Å²) in [4.78, 5) is 0. The number of rotatable bonds is 9. The summed E-state index contributed by atoms with van der Waals surface area (Å²) in [6, 6.07) is 5.67. The molecule has 0 fully saturated rings. The molecule has 0 amide bonds. The number of unbranched alkanes of at least 4 members (excludes halogenated alkanes) is 3. The third-order valence-electron chi connectivity index (χ3n) is 3.17. The van der Waals surface area contributed by atoms with Crippen molar-refractivity contribution in [3.05, 3.63) is 41.4 Å². The van der Waals surface area contributed by atoms with Crippen LogP contribution in [0.4, 0.5) is 0 Å². The van der Waals surface area contributed by atoms with Gasteiger partial charge in [-0.1, -0.05) is 30.5 Å². The van der Waals surface area contributed by atoms with Gasteiger partial charge < -0.3 is 4.74 Å². The van der Waals surface area contributed by atoms with Crippen LogP contribution >= 0.6 is 11.6 Å². The Morgan fingerprint density at radius 1 is 1.42 bits per heavy atom. The molecule has 0 radical (unpaired) electrons. The molecule has 0 spiro atoms. The molecule has 1 rings (SSSR count). The van der Waals surface area contributed by atoms with E-state index in [1.807, 2.05) is 24.3 Å². The van der Waals surface area contributed by atoms with Crippen LogP contribution in [0.25, 0.3) is 0 Å². The topological polar surface area (TPSA) is 47.3 Å². The number of hydrazine groups is 1. The molecule has 106 valence electrons. The van der Waals surface area contributed by atoms with E-state index >= 15 is 0 Å². The molecule has 19 heavy (non-hydrogen) atoms. The van der Waals surface area contributed by atoms with Crippen molar-refractivity contribution in [3.8, 4) is 5.75 Å². The van der Waals surface area contributed by atoms with E-state index in [2.05, 4.69) is 12.0 Å². The molecule has 1 atom stereocenters. The third kappa shape index (κ3) is 5.23. The van der Waals surface area contributed by atoms with Crippen LogP contribution < -0.4 is 16.0 Å². The summed E-state index contributed by atoms with van der Waals surface area (Å²) in [6.07, 6.45) is 7.45. The first-order valence-corrected chi connectivity index (χ1v) is 7.01. The molecular weight excluding hydrogens is 260 g/mol. The second-order valence-electron chi connectivity index (χ2n) is 4.53. The molecule has 0 saturated heterocycles. The van der Waals surface area contributed by atoms with Gasteiger partial charge in [-0.25, -0.2) is 0 Å². The van der Waals surface area contributed by atoms with Crippen LogP contribution in [0.1, 0.15) is 43.7 Å². The summed E-state index contributed by atoms with van der Waals surface area (Å²) in [7, 11) is 1.66. The Bertz CT molecular complexity index is 396. The number of benzene rings is 1. The second-order valence-corrected chi connectivity index (χ2v) is 4.97. The largest absolute Gasteiger partial charge is 0.496 e. The highest BCUT2D eigenvalue weighted by molar-refractivity contribution is 6.30. The maximum atomic E-state index is 6.04. The Hall–Kier alpha value is -1.03. The molecule has 3 nitrogen and oxygen atoms in total. The van der Waals surface area contributed by atoms with E-state index < -0.39 is 0 Å². The fraction of sp³-hybridized carbons (Fsp3) is 0.467. The summed E-state index contributed by atoms with van der Waals surface area (Å²) < 4.78 is 5.36. The first-order valence-electron chi connectivity index (χ1n) is 6.63. The van der Waals surface area contributed by atoms with E-state index in [1.165, 1.54) is 12.8 Å². The minimum absolute atomic E-state index is 0.0670. The zero-order valence-corrected chi connectivity index (χ0v) is 12.2. The van der Waals surface area contributed by atoms with Crippen molar-refractivity contribution in [1.82, 2.24) is 5.43 Å². The normalized spacial score (nSPS) is 12.2. The SMILES string of the molecule is C=CCCCCCC(NN)c1cc(Cl)ccc1OC. The maximum absolute atomic E-state index is 6.04. The van der Waals surface area contributed by atoms with Crippen molar-refractivity contribution < 1.29 is 4.74 Å². The summed E-state index contributed by atoms with van der Waals surface area (Å²) in [6.45, 7) is 3.73. The van der Waals surface area contributed by atoms with Gasteiger partial charge in [0.1, 0.15) is 5.75 Å². The summed E-state index contributed by atoms with van der Waals surface area (Å²) >= 11 is 6.04. The van der Waals surface area contributed by atoms with Gasteiger partial charge in [-0.15, -0.1) is 6.58 Å². The van der Waals surface area contributed by atoms with E-state index in [4.69, 9.17) is 22.2 Å². The van der Waals surface area contributed by atoms with Gasteiger partial charge in [0.25, 0.3) is 0 Å². The Morgan fingerprint density at radius 2 is 2.21 bits per heavy atom. The van der Waals surface area contributed by atoms with E-state index in [0.717, 1.165) is 30.6 Å². The maximum Gasteiger partial charge on any atom is 0.123 e. The third-order valence-corrected chi connectivity index (χ3v) is 3.40. The van der Waals surface area contributed by atoms with Crippen molar-refractivity contribution in [1.29, 1.82) is 0 Å². The lowest BCUT2D eigenvalue weighted by Gasteiger charge is -2.19. The van der Waals surface area contributed by atoms with Crippen LogP contribution in [0.3, 0.4) is 0 Å². The Kier molecular flexibility index (Phi) is 7.56. The molecule has 0 aromatic heterocycles. The van der Waals surface area contributed by atoms with Gasteiger partial charge in [0.05, 0.1) is 7.11 Å². The quantitative estimate of drug-likeness (QED) is 0.312. The molecule has 0 aliphatic heterocycles. The highest BCUT2D eigenvalue weighted by Crippen LogP contribution is 2.30. The minimum Gasteiger partial charge on any atom is -0.496 e. The fourth-order valence-electron chi connectivity index (χ4n) is 2.12. The van der Waals surface area contributed by atoms with Crippen LogP contribution in [0, 0.1) is 0 Å². The van der Waals surface area contributed by atoms with Crippen LogP contribution in [0.2, 0.25) is 5.02 Å². The van der Waals surface area contributed by atoms with Gasteiger partial charge in [0.2, 0.25) is 0 Å². The fourth-order valence-corrected chi connectivity index (χ4v) is 2.30. The first kappa shape index (κ1) is 16.0. The van der Waals surface area contributed by atoms with Crippen LogP contribution in [-0.2, 0) is 0 Å². The van der Waals surface area contributed by atoms with Crippen LogP contribution in [0.15, 0.2) is 30.9 Å². The van der Waals surface area contributed by atoms with E-state index in [0.29, 0.717) is 5.02 Å². The Balaban J connectivity index is 2.63. The molecule has 0 bridgehead atoms. The van der Waals surface area contributed by atoms with Crippen LogP contribution in [0.5, 0.6) is 5.75 Å². The average Bonchev–Trinajstić information content (AvgIpc) is 2.43. The summed E-state index contributed by atoms with van der Waals surface area (Å²) in [5.41, 5.74) is 3.87. The predicted octanol–water partition coefficient (Wildman–Crippen LogP) is 3.99. The highest BCUT2D eigenvalue weighted by Gasteiger charge is 2.14. The van der Waals surface area contributed by atoms with E-state index in [9.17, 15) is 0 Å². The van der Waals surface area contributed by atoms with E-state index in [1.54, 1.807) is 7.11 Å². The van der Waals surface area contributed by atoms with Crippen LogP contribution in [-0.4, -0.2) is 7.11 Å². The van der Waals surface area contributed by atoms with Crippen molar-refractivity contribution in [2.24, 2.45) is 5.84 Å². The Labute approximate surface area is 120 Å². The molecule has 1 aromatic carbocycles. The molecule has 1 unspecified atom stereocenters. The van der Waals surface area contributed by atoms with Crippen molar-refractivity contribution >= 4 is 11.6 Å². The summed E-state index contributed by atoms with van der Waals surface area (Å²) in [5.74, 6) is 6.47. The number of allylic oxidation sites excluding steroid dienone is 1. The average molecular weight is 283 g/mol. The number of nitrogens with two attached hydrogens (primary N) is 1. The van der Waals surface area contributed by atoms with Gasteiger partial charge in [-0.2, -0.15) is 0 Å². The second kappa shape index (κ2) is 8.97. The number of halogens is 1. The van der Waals surface area contributed by atoms with Crippen molar-refractivity contribution in [2.45, 2.75) is 38.1 Å². The van der Waals surface area contributed by atoms with Crippen molar-refractivity contribution in [3.63, 3.8) is 0 Å². The lowest BCUT2D eigenvalue weighted by atomic mass is 9.99. The lowest BCUT2D eigenvalue weighted by molar-refractivity contribution is 0.393. The molecule has 0 saturated carbocycles. The number of hydrogen-bond donors (Lipinski definition) is 2. The minimum atomic E-state index is 0.0670. The standard InChI is InChI=1S/C15H23ClN2O/c1-3-4-5-6-7-8-14(18-17)13-11-12(16)9-10-15(13)19-2/h3,9-11,14,18H,1,4-8,17H2,2H3. The van der Waals surface area contributed by atoms with Gasteiger partial charge in [-0.05, 0) is 37.5 Å². The zero-order chi connectivity index (χ0) is 14.1. The molecule has 0 aliphatic carbocycles. The smallest absolute Gasteiger partial charge is 0.123 e. The van der Waals surface area contributed by atoms with Crippen molar-refractivity contribution in [2.75, 3.05) is 7.11 Å². The lowest BCUT2D eigenvalue weighted by Crippen LogP contribution is -2.28. The van der Waals surface area contributed by atoms with E-state index in [-0.39, 0.29) is 6.04 Å². The number of methoxy groups -OCH3 is 1. The summed E-state index contributed by atoms with van der Waals surface area (Å²) in [5, 5.41) is 0.697.